The summed E-state index contributed by atoms with van der Waals surface area (Å²) in [6.07, 6.45) is 2.62. The third-order valence-electron chi connectivity index (χ3n) is 7.95. The summed E-state index contributed by atoms with van der Waals surface area (Å²) in [5.74, 6) is 2.18. The van der Waals surface area contributed by atoms with Crippen molar-refractivity contribution in [3.63, 3.8) is 0 Å². The molecular formula is C30H37N7O4. The van der Waals surface area contributed by atoms with E-state index in [2.05, 4.69) is 61.5 Å². The molecule has 0 radical (unpaired) electrons. The average molecular weight is 560 g/mol. The molecule has 0 spiro atoms. The SMILES string of the molecule is CCC(c1nnnn1CCc1ccccc1)N(CCCN1CCOCC1)Cc1cc2cc3c(cc2[nH]c1=O)OCO3. The lowest BCUT2D eigenvalue weighted by atomic mass is 10.1. The molecule has 11 nitrogen and oxygen atoms in total. The summed E-state index contributed by atoms with van der Waals surface area (Å²) in [7, 11) is 0. The van der Waals surface area contributed by atoms with Gasteiger partial charge in [0.1, 0.15) is 0 Å². The van der Waals surface area contributed by atoms with Crippen LogP contribution in [0.5, 0.6) is 11.5 Å². The fourth-order valence-electron chi connectivity index (χ4n) is 5.74. The number of ether oxygens (including phenoxy) is 3. The number of rotatable bonds is 12. The first-order chi connectivity index (χ1) is 20.2. The number of fused-ring (bicyclic) bond motifs is 2. The number of nitrogens with zero attached hydrogens (tertiary/aromatic N) is 6. The standard InChI is InChI=1S/C30H37N7O4/c1-2-26(29-32-33-34-37(29)12-9-22-7-4-3-5-8-22)36(11-6-10-35-13-15-39-16-14-35)20-24-17-23-18-27-28(41-21-40-27)19-25(23)31-30(24)38/h3-5,7-8,17-19,26H,2,6,9-16,20-21H2,1H3,(H,31,38). The number of aromatic nitrogens is 5. The van der Waals surface area contributed by atoms with E-state index in [0.717, 1.165) is 75.4 Å². The number of benzene rings is 2. The van der Waals surface area contributed by atoms with Crippen LogP contribution in [0.15, 0.2) is 53.3 Å². The summed E-state index contributed by atoms with van der Waals surface area (Å²) < 4.78 is 18.5. The van der Waals surface area contributed by atoms with Gasteiger partial charge in [0.2, 0.25) is 6.79 Å². The Labute approximate surface area is 239 Å². The van der Waals surface area contributed by atoms with Crippen molar-refractivity contribution in [3.8, 4) is 11.5 Å². The molecule has 4 aromatic rings. The second kappa shape index (κ2) is 12.8. The number of aryl methyl sites for hydroxylation is 2. The lowest BCUT2D eigenvalue weighted by Gasteiger charge is -2.32. The minimum absolute atomic E-state index is 0.0442. The quantitative estimate of drug-likeness (QED) is 0.280. The predicted octanol–water partition coefficient (Wildman–Crippen LogP) is 3.16. The molecule has 2 aromatic carbocycles. The van der Waals surface area contributed by atoms with E-state index in [1.165, 1.54) is 5.56 Å². The minimum atomic E-state index is -0.104. The van der Waals surface area contributed by atoms with Crippen molar-refractivity contribution in [3.05, 3.63) is 75.8 Å². The summed E-state index contributed by atoms with van der Waals surface area (Å²) in [6, 6.07) is 16.1. The molecule has 41 heavy (non-hydrogen) atoms. The van der Waals surface area contributed by atoms with E-state index in [1.807, 2.05) is 28.9 Å². The zero-order chi connectivity index (χ0) is 28.0. The van der Waals surface area contributed by atoms with Crippen molar-refractivity contribution < 1.29 is 14.2 Å². The van der Waals surface area contributed by atoms with E-state index in [1.54, 1.807) is 0 Å². The molecule has 4 heterocycles. The van der Waals surface area contributed by atoms with Crippen LogP contribution in [-0.2, 0) is 24.2 Å². The second-order valence-electron chi connectivity index (χ2n) is 10.6. The van der Waals surface area contributed by atoms with Crippen LogP contribution in [0, 0.1) is 0 Å². The summed E-state index contributed by atoms with van der Waals surface area (Å²) in [4.78, 5) is 21.1. The highest BCUT2D eigenvalue weighted by atomic mass is 16.7. The molecule has 1 unspecified atom stereocenters. The fraction of sp³-hybridized carbons (Fsp3) is 0.467. The van der Waals surface area contributed by atoms with Crippen molar-refractivity contribution in [2.24, 2.45) is 0 Å². The summed E-state index contributed by atoms with van der Waals surface area (Å²) in [5.41, 5.74) is 2.57. The summed E-state index contributed by atoms with van der Waals surface area (Å²) in [5, 5.41) is 13.8. The van der Waals surface area contributed by atoms with Crippen molar-refractivity contribution in [1.29, 1.82) is 0 Å². The van der Waals surface area contributed by atoms with Gasteiger partial charge in [0.15, 0.2) is 17.3 Å². The van der Waals surface area contributed by atoms with E-state index in [4.69, 9.17) is 14.2 Å². The van der Waals surface area contributed by atoms with E-state index in [0.29, 0.717) is 30.2 Å². The highest BCUT2D eigenvalue weighted by molar-refractivity contribution is 5.83. The lowest BCUT2D eigenvalue weighted by Crippen LogP contribution is -2.39. The van der Waals surface area contributed by atoms with Crippen LogP contribution in [-0.4, -0.2) is 81.2 Å². The van der Waals surface area contributed by atoms with Crippen molar-refractivity contribution in [2.45, 2.75) is 45.3 Å². The Balaban J connectivity index is 1.25. The van der Waals surface area contributed by atoms with Gasteiger partial charge in [-0.15, -0.1) is 5.10 Å². The molecule has 2 aromatic heterocycles. The highest BCUT2D eigenvalue weighted by Crippen LogP contribution is 2.35. The van der Waals surface area contributed by atoms with Gasteiger partial charge < -0.3 is 19.2 Å². The van der Waals surface area contributed by atoms with Gasteiger partial charge in [-0.3, -0.25) is 14.6 Å². The predicted molar refractivity (Wildman–Crippen MR) is 154 cm³/mol. The number of aromatic amines is 1. The minimum Gasteiger partial charge on any atom is -0.454 e. The number of morpholine rings is 1. The van der Waals surface area contributed by atoms with Crippen molar-refractivity contribution >= 4 is 10.9 Å². The van der Waals surface area contributed by atoms with E-state index in [-0.39, 0.29) is 18.4 Å². The third kappa shape index (κ3) is 6.42. The monoisotopic (exact) mass is 559 g/mol. The molecule has 0 bridgehead atoms. The smallest absolute Gasteiger partial charge is 0.252 e. The molecule has 6 rings (SSSR count). The lowest BCUT2D eigenvalue weighted by molar-refractivity contribution is 0.0349. The van der Waals surface area contributed by atoms with Gasteiger partial charge in [0.25, 0.3) is 5.56 Å². The van der Waals surface area contributed by atoms with Gasteiger partial charge in [-0.1, -0.05) is 37.3 Å². The number of hydrogen-bond acceptors (Lipinski definition) is 9. The molecule has 2 aliphatic rings. The summed E-state index contributed by atoms with van der Waals surface area (Å²) in [6.45, 7) is 8.77. The maximum atomic E-state index is 13.3. The molecule has 1 fully saturated rings. The van der Waals surface area contributed by atoms with Gasteiger partial charge in [0.05, 0.1) is 24.8 Å². The molecule has 11 heteroatoms. The van der Waals surface area contributed by atoms with Crippen LogP contribution >= 0.6 is 0 Å². The maximum absolute atomic E-state index is 13.3. The number of hydrogen-bond donors (Lipinski definition) is 1. The Morgan fingerprint density at radius 2 is 1.85 bits per heavy atom. The molecule has 1 atom stereocenters. The van der Waals surface area contributed by atoms with E-state index >= 15 is 0 Å². The van der Waals surface area contributed by atoms with Crippen LogP contribution in [0.1, 0.15) is 42.8 Å². The van der Waals surface area contributed by atoms with Gasteiger partial charge in [-0.05, 0) is 53.9 Å². The third-order valence-corrected chi connectivity index (χ3v) is 7.95. The van der Waals surface area contributed by atoms with Crippen molar-refractivity contribution in [2.75, 3.05) is 46.2 Å². The number of H-pyrrole nitrogens is 1. The van der Waals surface area contributed by atoms with Crippen LogP contribution in [0.2, 0.25) is 0 Å². The Morgan fingerprint density at radius 1 is 1.05 bits per heavy atom. The molecule has 0 amide bonds. The molecular weight excluding hydrogens is 522 g/mol. The van der Waals surface area contributed by atoms with Gasteiger partial charge in [-0.2, -0.15) is 0 Å². The van der Waals surface area contributed by atoms with Crippen LogP contribution < -0.4 is 15.0 Å². The first-order valence-electron chi connectivity index (χ1n) is 14.5. The van der Waals surface area contributed by atoms with Gasteiger partial charge >= 0.3 is 0 Å². The fourth-order valence-corrected chi connectivity index (χ4v) is 5.74. The Hall–Kier alpha value is -3.80. The topological polar surface area (TPSA) is 111 Å². The second-order valence-corrected chi connectivity index (χ2v) is 10.6. The van der Waals surface area contributed by atoms with Gasteiger partial charge in [-0.25, -0.2) is 4.68 Å². The molecule has 1 N–H and O–H groups in total. The molecule has 0 aliphatic carbocycles. The zero-order valence-corrected chi connectivity index (χ0v) is 23.5. The van der Waals surface area contributed by atoms with E-state index in [9.17, 15) is 4.79 Å². The summed E-state index contributed by atoms with van der Waals surface area (Å²) >= 11 is 0. The Morgan fingerprint density at radius 3 is 2.66 bits per heavy atom. The van der Waals surface area contributed by atoms with Gasteiger partial charge in [0, 0.05) is 49.7 Å². The maximum Gasteiger partial charge on any atom is 0.252 e. The number of tetrazole rings is 1. The first kappa shape index (κ1) is 27.4. The van der Waals surface area contributed by atoms with Crippen LogP contribution in [0.3, 0.4) is 0 Å². The Bertz CT molecular complexity index is 1500. The Kier molecular flexibility index (Phi) is 8.54. The highest BCUT2D eigenvalue weighted by Gasteiger charge is 2.26. The molecule has 0 saturated carbocycles. The average Bonchev–Trinajstić information content (AvgIpc) is 3.66. The molecule has 216 valence electrons. The van der Waals surface area contributed by atoms with Crippen LogP contribution in [0.25, 0.3) is 10.9 Å². The first-order valence-corrected chi connectivity index (χ1v) is 14.5. The molecule has 2 aliphatic heterocycles. The van der Waals surface area contributed by atoms with E-state index < -0.39 is 0 Å². The number of nitrogens with one attached hydrogen (secondary N) is 1. The zero-order valence-electron chi connectivity index (χ0n) is 23.5. The van der Waals surface area contributed by atoms with Crippen molar-refractivity contribution in [1.82, 2.24) is 35.0 Å². The number of pyridine rings is 1. The normalized spacial score (nSPS) is 16.0. The van der Waals surface area contributed by atoms with Crippen LogP contribution in [0.4, 0.5) is 0 Å². The largest absolute Gasteiger partial charge is 0.454 e. The molecule has 1 saturated heterocycles.